The number of rotatable bonds is 12. The van der Waals surface area contributed by atoms with Gasteiger partial charge < -0.3 is 30.9 Å². The van der Waals surface area contributed by atoms with Crippen molar-refractivity contribution in [3.05, 3.63) is 76.7 Å². The highest BCUT2D eigenvalue weighted by atomic mass is 19.1. The maximum atomic E-state index is 14.1. The van der Waals surface area contributed by atoms with Crippen LogP contribution in [0.4, 0.5) is 14.9 Å². The number of carbonyl (C=O) groups excluding carboxylic acids is 1. The van der Waals surface area contributed by atoms with Crippen LogP contribution in [0, 0.1) is 5.82 Å². The molecule has 2 aromatic carbocycles. The van der Waals surface area contributed by atoms with Gasteiger partial charge in [0.05, 0.1) is 30.0 Å². The van der Waals surface area contributed by atoms with Crippen LogP contribution >= 0.6 is 0 Å². The number of hydrogen-bond donors (Lipinski definition) is 5. The highest BCUT2D eigenvalue weighted by molar-refractivity contribution is 5.91. The average Bonchev–Trinajstić information content (AvgIpc) is 3.14. The van der Waals surface area contributed by atoms with Crippen molar-refractivity contribution in [1.29, 1.82) is 0 Å². The molecule has 1 aliphatic carbocycles. The smallest absolute Gasteiger partial charge is 0.319 e. The molecule has 1 heterocycles. The Hall–Kier alpha value is -4.12. The van der Waals surface area contributed by atoms with Gasteiger partial charge in [0.15, 0.2) is 0 Å². The number of carbonyl (C=O) groups is 2. The van der Waals surface area contributed by atoms with Crippen LogP contribution in [-0.2, 0) is 17.6 Å². The number of aryl methyl sites for hydroxylation is 1. The maximum Gasteiger partial charge on any atom is 0.319 e. The Labute approximate surface area is 263 Å². The lowest BCUT2D eigenvalue weighted by Crippen LogP contribution is -2.34. The summed E-state index contributed by atoms with van der Waals surface area (Å²) < 4.78 is 14.1. The number of hydrogen-bond acceptors (Lipinski definition) is 6. The van der Waals surface area contributed by atoms with Crippen LogP contribution in [0.5, 0.6) is 0 Å². The van der Waals surface area contributed by atoms with Crippen LogP contribution in [0.25, 0.3) is 28.5 Å². The van der Waals surface area contributed by atoms with E-state index in [1.54, 1.807) is 24.3 Å². The van der Waals surface area contributed by atoms with Crippen molar-refractivity contribution in [2.24, 2.45) is 0 Å². The van der Waals surface area contributed by atoms with Gasteiger partial charge in [-0.2, -0.15) is 0 Å². The first-order valence-electron chi connectivity index (χ1n) is 15.3. The van der Waals surface area contributed by atoms with Crippen molar-refractivity contribution in [2.45, 2.75) is 64.1 Å². The molecule has 0 aliphatic heterocycles. The predicted octanol–water partition coefficient (Wildman–Crippen LogP) is 5.45. The van der Waals surface area contributed by atoms with Gasteiger partial charge in [0.2, 0.25) is 0 Å². The van der Waals surface area contributed by atoms with Crippen LogP contribution in [0.15, 0.2) is 48.5 Å². The Balaban J connectivity index is 1.82. The lowest BCUT2D eigenvalue weighted by Gasteiger charge is -2.22. The molecule has 1 aromatic heterocycles. The number of carboxylic acid groups (broad SMARTS) is 1. The topological polar surface area (TPSA) is 135 Å². The van der Waals surface area contributed by atoms with E-state index in [4.69, 9.17) is 10.1 Å². The zero-order valence-electron chi connectivity index (χ0n) is 26.3. The largest absolute Gasteiger partial charge is 0.481 e. The molecule has 3 aromatic rings. The van der Waals surface area contributed by atoms with Gasteiger partial charge in [-0.25, -0.2) is 9.18 Å². The number of aromatic nitrogens is 1. The molecule has 45 heavy (non-hydrogen) atoms. The fraction of sp³-hybridized carbons (Fsp3) is 0.400. The Kier molecular flexibility index (Phi) is 11.4. The molecule has 10 heteroatoms. The van der Waals surface area contributed by atoms with Gasteiger partial charge >= 0.3 is 12.0 Å². The molecule has 0 saturated heterocycles. The molecule has 2 amide bonds. The van der Waals surface area contributed by atoms with E-state index in [2.05, 4.69) is 10.6 Å². The second-order valence-electron chi connectivity index (χ2n) is 12.1. The molecular weight excluding hydrogens is 575 g/mol. The maximum absolute atomic E-state index is 14.1. The number of nitrogens with one attached hydrogen (secondary N) is 2. The van der Waals surface area contributed by atoms with E-state index in [1.165, 1.54) is 12.1 Å². The monoisotopic (exact) mass is 618 g/mol. The lowest BCUT2D eigenvalue weighted by molar-refractivity contribution is -0.139. The van der Waals surface area contributed by atoms with E-state index < -0.39 is 24.6 Å². The molecule has 5 N–H and O–H groups in total. The number of likely N-dealkylation sites (N-methyl/N-ethyl adjacent to an activating group) is 1. The molecular formula is C35H43FN4O5. The van der Waals surface area contributed by atoms with Crippen molar-refractivity contribution >= 4 is 23.8 Å². The first-order chi connectivity index (χ1) is 21.4. The second-order valence-corrected chi connectivity index (χ2v) is 12.1. The Bertz CT molecular complexity index is 1540. The highest BCUT2D eigenvalue weighted by Gasteiger charge is 2.26. The summed E-state index contributed by atoms with van der Waals surface area (Å²) >= 11 is 0. The fourth-order valence-corrected chi connectivity index (χ4v) is 5.64. The minimum Gasteiger partial charge on any atom is -0.481 e. The lowest BCUT2D eigenvalue weighted by atomic mass is 9.86. The number of fused-ring (bicyclic) bond motifs is 3. The zero-order chi connectivity index (χ0) is 32.7. The fourth-order valence-electron chi connectivity index (χ4n) is 5.64. The number of anilines is 1. The molecule has 240 valence electrons. The third kappa shape index (κ3) is 8.97. The van der Waals surface area contributed by atoms with Crippen LogP contribution in [-0.4, -0.2) is 76.6 Å². The van der Waals surface area contributed by atoms with Crippen LogP contribution in [0.1, 0.15) is 61.4 Å². The first kappa shape index (κ1) is 33.8. The summed E-state index contributed by atoms with van der Waals surface area (Å²) in [6.07, 6.45) is 2.83. The summed E-state index contributed by atoms with van der Waals surface area (Å²) in [5, 5.41) is 35.5. The highest BCUT2D eigenvalue weighted by Crippen LogP contribution is 2.42. The number of aliphatic hydroxyl groups is 2. The molecule has 0 unspecified atom stereocenters. The average molecular weight is 619 g/mol. The van der Waals surface area contributed by atoms with E-state index >= 15 is 0 Å². The van der Waals surface area contributed by atoms with E-state index in [9.17, 15) is 24.2 Å². The normalized spacial score (nSPS) is 14.2. The summed E-state index contributed by atoms with van der Waals surface area (Å²) in [6.45, 7) is 5.29. The molecule has 0 bridgehead atoms. The van der Waals surface area contributed by atoms with Crippen molar-refractivity contribution in [2.75, 3.05) is 32.5 Å². The third-order valence-electron chi connectivity index (χ3n) is 7.79. The van der Waals surface area contributed by atoms with E-state index in [0.29, 0.717) is 18.7 Å². The molecule has 9 nitrogen and oxygen atoms in total. The number of carboxylic acids is 1. The van der Waals surface area contributed by atoms with Crippen LogP contribution in [0.2, 0.25) is 0 Å². The van der Waals surface area contributed by atoms with E-state index in [0.717, 1.165) is 64.2 Å². The molecule has 0 saturated carbocycles. The standard InChI is InChI=1S/C35H43FN4O5/c1-21(2)33-29(15-14-26(41)19-27(42)20-31(43)44)32(23-8-11-24(36)12-9-23)28-7-5-6-22-10-13-25(18-30(22)34(28)39-33)38-35(45)37-16-17-40(3)4/h8-15,18,21,26-27,41-42H,5-7,16-17,19-20H2,1-4H3,(H,43,44)(H2,37,38,45)/t26-,27-/m1/s1. The van der Waals surface area contributed by atoms with E-state index in [-0.39, 0.29) is 24.2 Å². The van der Waals surface area contributed by atoms with Gasteiger partial charge in [0.25, 0.3) is 0 Å². The number of pyridine rings is 1. The minimum atomic E-state index is -1.19. The third-order valence-corrected chi connectivity index (χ3v) is 7.79. The molecule has 0 radical (unpaired) electrons. The molecule has 2 atom stereocenters. The molecule has 4 rings (SSSR count). The van der Waals surface area contributed by atoms with Gasteiger partial charge in [-0.3, -0.25) is 9.78 Å². The number of benzene rings is 2. The van der Waals surface area contributed by atoms with Gasteiger partial charge in [0.1, 0.15) is 5.82 Å². The summed E-state index contributed by atoms with van der Waals surface area (Å²) in [4.78, 5) is 30.8. The van der Waals surface area contributed by atoms with Crippen molar-refractivity contribution in [3.63, 3.8) is 0 Å². The van der Waals surface area contributed by atoms with E-state index in [1.807, 2.05) is 51.0 Å². The van der Waals surface area contributed by atoms with Crippen LogP contribution < -0.4 is 10.6 Å². The zero-order valence-corrected chi connectivity index (χ0v) is 26.3. The number of aliphatic carboxylic acids is 1. The van der Waals surface area contributed by atoms with Crippen molar-refractivity contribution in [3.8, 4) is 22.4 Å². The Morgan fingerprint density at radius 1 is 1.09 bits per heavy atom. The number of aliphatic hydroxyl groups excluding tert-OH is 2. The first-order valence-corrected chi connectivity index (χ1v) is 15.3. The summed E-state index contributed by atoms with van der Waals surface area (Å²) in [5.41, 5.74) is 7.70. The number of urea groups is 1. The quantitative estimate of drug-likeness (QED) is 0.182. The minimum absolute atomic E-state index is 0.0284. The van der Waals surface area contributed by atoms with Gasteiger partial charge in [-0.15, -0.1) is 0 Å². The molecule has 0 spiro atoms. The van der Waals surface area contributed by atoms with Crippen LogP contribution in [0.3, 0.4) is 0 Å². The Morgan fingerprint density at radius 2 is 1.82 bits per heavy atom. The van der Waals surface area contributed by atoms with Gasteiger partial charge in [-0.1, -0.05) is 44.2 Å². The SMILES string of the molecule is CC(C)c1nc2c(c(-c3ccc(F)cc3)c1C=C[C@@H](O)C[C@@H](O)CC(=O)O)CCCc1ccc(NC(=O)NCCN(C)C)cc1-2. The molecule has 0 fully saturated rings. The Morgan fingerprint density at radius 3 is 2.49 bits per heavy atom. The number of nitrogens with zero attached hydrogens (tertiary/aromatic N) is 2. The van der Waals surface area contributed by atoms with Crippen molar-refractivity contribution < 1.29 is 29.3 Å². The summed E-state index contributed by atoms with van der Waals surface area (Å²) in [5.74, 6) is -1.52. The molecule has 1 aliphatic rings. The second kappa shape index (κ2) is 15.2. The number of amides is 2. The summed E-state index contributed by atoms with van der Waals surface area (Å²) in [7, 11) is 3.89. The predicted molar refractivity (Wildman–Crippen MR) is 175 cm³/mol. The summed E-state index contributed by atoms with van der Waals surface area (Å²) in [6, 6.07) is 11.9. The van der Waals surface area contributed by atoms with Gasteiger partial charge in [0, 0.05) is 36.3 Å². The van der Waals surface area contributed by atoms with Crippen molar-refractivity contribution in [1.82, 2.24) is 15.2 Å². The van der Waals surface area contributed by atoms with Gasteiger partial charge in [-0.05, 0) is 85.8 Å². The number of halogens is 1.